The molecule has 0 aromatic heterocycles. The minimum absolute atomic E-state index is 0.0967. The molecule has 0 saturated heterocycles. The maximum absolute atomic E-state index is 12.5. The first-order chi connectivity index (χ1) is 14.2. The lowest BCUT2D eigenvalue weighted by atomic mass is 9.83. The number of aliphatic carboxylic acids is 2. The van der Waals surface area contributed by atoms with Crippen molar-refractivity contribution >= 4 is 52.3 Å². The number of carboxylic acids is 2. The molecule has 0 saturated carbocycles. The Morgan fingerprint density at radius 1 is 1.13 bits per heavy atom. The molecule has 1 aliphatic heterocycles. The summed E-state index contributed by atoms with van der Waals surface area (Å²) in [5.41, 5.74) is -1.08. The van der Waals surface area contributed by atoms with Crippen molar-refractivity contribution < 1.29 is 24.6 Å². The second-order valence-corrected chi connectivity index (χ2v) is 7.32. The number of amides is 1. The minimum Gasteiger partial charge on any atom is -0.479 e. The molecular formula is C21H16Cl2N2O5. The highest BCUT2D eigenvalue weighted by molar-refractivity contribution is 6.34. The van der Waals surface area contributed by atoms with Crippen LogP contribution in [0.2, 0.25) is 10.0 Å². The van der Waals surface area contributed by atoms with Gasteiger partial charge in [0.25, 0.3) is 0 Å². The number of fused-ring (bicyclic) bond motifs is 1. The van der Waals surface area contributed by atoms with Crippen molar-refractivity contribution in [3.8, 4) is 0 Å². The van der Waals surface area contributed by atoms with E-state index in [0.29, 0.717) is 17.3 Å². The third-order valence-corrected chi connectivity index (χ3v) is 5.11. The van der Waals surface area contributed by atoms with Crippen LogP contribution in [-0.4, -0.2) is 28.1 Å². The number of benzene rings is 2. The van der Waals surface area contributed by atoms with Gasteiger partial charge in [-0.1, -0.05) is 42.3 Å². The largest absolute Gasteiger partial charge is 0.479 e. The molecule has 2 aromatic rings. The molecule has 30 heavy (non-hydrogen) atoms. The molecule has 3 rings (SSSR count). The van der Waals surface area contributed by atoms with E-state index in [9.17, 15) is 19.5 Å². The van der Waals surface area contributed by atoms with Crippen LogP contribution in [0.5, 0.6) is 0 Å². The molecule has 1 atom stereocenters. The predicted octanol–water partition coefficient (Wildman–Crippen LogP) is 2.75. The van der Waals surface area contributed by atoms with Crippen molar-refractivity contribution in [3.63, 3.8) is 0 Å². The van der Waals surface area contributed by atoms with Crippen molar-refractivity contribution in [1.82, 2.24) is 0 Å². The van der Waals surface area contributed by atoms with E-state index in [1.54, 1.807) is 19.1 Å². The Morgan fingerprint density at radius 2 is 1.80 bits per heavy atom. The average Bonchev–Trinajstić information content (AvgIpc) is 3.02. The molecule has 0 radical (unpaired) electrons. The first-order valence-corrected chi connectivity index (χ1v) is 9.59. The van der Waals surface area contributed by atoms with Gasteiger partial charge in [-0.2, -0.15) is 0 Å². The molecule has 0 spiro atoms. The van der Waals surface area contributed by atoms with E-state index < -0.39 is 17.5 Å². The molecule has 7 nitrogen and oxygen atoms in total. The molecule has 1 heterocycles. The molecule has 9 heteroatoms. The number of carbonyl (C=O) groups is 3. The van der Waals surface area contributed by atoms with Crippen LogP contribution >= 0.6 is 23.2 Å². The van der Waals surface area contributed by atoms with E-state index in [4.69, 9.17) is 28.3 Å². The molecule has 1 aliphatic rings. The maximum Gasteiger partial charge on any atom is 0.341 e. The summed E-state index contributed by atoms with van der Waals surface area (Å²) < 4.78 is 0. The zero-order chi connectivity index (χ0) is 22.1. The van der Waals surface area contributed by atoms with E-state index in [2.05, 4.69) is 10.3 Å². The molecule has 0 fully saturated rings. The normalized spacial score (nSPS) is 17.5. The van der Waals surface area contributed by atoms with Gasteiger partial charge in [0, 0.05) is 34.0 Å². The van der Waals surface area contributed by atoms with E-state index >= 15 is 0 Å². The summed E-state index contributed by atoms with van der Waals surface area (Å²) in [4.78, 5) is 39.6. The topological polar surface area (TPSA) is 116 Å². The zero-order valence-electron chi connectivity index (χ0n) is 15.6. The SMILES string of the molecule is CCC(=O)Nc1ccc(C2(C(=O)O)N=c3cc(Cl)cc(Cl)c3=C2C=CC(=O)O)cc1. The van der Waals surface area contributed by atoms with Crippen molar-refractivity contribution in [2.24, 2.45) is 4.99 Å². The first-order valence-electron chi connectivity index (χ1n) is 8.83. The summed E-state index contributed by atoms with van der Waals surface area (Å²) in [5, 5.41) is 22.9. The van der Waals surface area contributed by atoms with Crippen LogP contribution in [0.1, 0.15) is 18.9 Å². The van der Waals surface area contributed by atoms with Crippen LogP contribution in [0, 0.1) is 0 Å². The van der Waals surface area contributed by atoms with E-state index in [-0.39, 0.29) is 32.4 Å². The zero-order valence-corrected chi connectivity index (χ0v) is 17.2. The molecule has 154 valence electrons. The minimum atomic E-state index is -1.93. The van der Waals surface area contributed by atoms with E-state index in [1.807, 2.05) is 0 Å². The summed E-state index contributed by atoms with van der Waals surface area (Å²) in [5.74, 6) is -2.76. The number of rotatable bonds is 6. The Balaban J connectivity index is 2.28. The summed E-state index contributed by atoms with van der Waals surface area (Å²) in [6.07, 6.45) is 2.30. The van der Waals surface area contributed by atoms with Crippen LogP contribution in [0.3, 0.4) is 0 Å². The Kier molecular flexibility index (Phi) is 5.96. The Bertz CT molecular complexity index is 1210. The smallest absolute Gasteiger partial charge is 0.341 e. The number of anilines is 1. The third kappa shape index (κ3) is 3.81. The van der Waals surface area contributed by atoms with Crippen LogP contribution in [0.15, 0.2) is 53.5 Å². The van der Waals surface area contributed by atoms with Gasteiger partial charge < -0.3 is 15.5 Å². The number of nitrogens with zero attached hydrogens (tertiary/aromatic N) is 1. The van der Waals surface area contributed by atoms with Gasteiger partial charge in [0.1, 0.15) is 0 Å². The highest BCUT2D eigenvalue weighted by atomic mass is 35.5. The molecule has 3 N–H and O–H groups in total. The van der Waals surface area contributed by atoms with Crippen LogP contribution in [0.4, 0.5) is 5.69 Å². The monoisotopic (exact) mass is 446 g/mol. The molecular weight excluding hydrogens is 431 g/mol. The maximum atomic E-state index is 12.5. The Morgan fingerprint density at radius 3 is 2.37 bits per heavy atom. The molecule has 2 aromatic carbocycles. The van der Waals surface area contributed by atoms with Gasteiger partial charge in [-0.25, -0.2) is 9.59 Å². The predicted molar refractivity (Wildman–Crippen MR) is 112 cm³/mol. The van der Waals surface area contributed by atoms with Gasteiger partial charge in [-0.15, -0.1) is 0 Å². The van der Waals surface area contributed by atoms with E-state index in [1.165, 1.54) is 30.3 Å². The van der Waals surface area contributed by atoms with Crippen molar-refractivity contribution in [1.29, 1.82) is 0 Å². The van der Waals surface area contributed by atoms with E-state index in [0.717, 1.165) is 6.08 Å². The Labute approximate surface area is 181 Å². The fraction of sp³-hybridized carbons (Fsp3) is 0.143. The summed E-state index contributed by atoms with van der Waals surface area (Å²) in [6, 6.07) is 9.04. The fourth-order valence-electron chi connectivity index (χ4n) is 3.25. The van der Waals surface area contributed by atoms with Gasteiger partial charge in [-0.05, 0) is 35.9 Å². The van der Waals surface area contributed by atoms with Crippen LogP contribution in [0.25, 0.3) is 5.57 Å². The quantitative estimate of drug-likeness (QED) is 0.589. The highest BCUT2D eigenvalue weighted by Gasteiger charge is 2.46. The highest BCUT2D eigenvalue weighted by Crippen LogP contribution is 2.38. The third-order valence-electron chi connectivity index (χ3n) is 4.59. The lowest BCUT2D eigenvalue weighted by molar-refractivity contribution is -0.141. The lowest BCUT2D eigenvalue weighted by Gasteiger charge is -2.25. The van der Waals surface area contributed by atoms with Crippen LogP contribution < -0.4 is 15.9 Å². The van der Waals surface area contributed by atoms with Crippen LogP contribution in [-0.2, 0) is 19.9 Å². The summed E-state index contributed by atoms with van der Waals surface area (Å²) >= 11 is 12.4. The van der Waals surface area contributed by atoms with Gasteiger partial charge in [-0.3, -0.25) is 9.79 Å². The first kappa shape index (κ1) is 21.5. The van der Waals surface area contributed by atoms with Gasteiger partial charge in [0.05, 0.1) is 10.4 Å². The number of carboxylic acid groups (broad SMARTS) is 2. The molecule has 1 unspecified atom stereocenters. The Hall–Kier alpha value is -3.16. The number of nitrogens with one attached hydrogen (secondary N) is 1. The van der Waals surface area contributed by atoms with Gasteiger partial charge >= 0.3 is 11.9 Å². The number of carbonyl (C=O) groups excluding carboxylic acids is 1. The van der Waals surface area contributed by atoms with Crippen molar-refractivity contribution in [3.05, 3.63) is 74.7 Å². The summed E-state index contributed by atoms with van der Waals surface area (Å²) in [6.45, 7) is 1.71. The van der Waals surface area contributed by atoms with Gasteiger partial charge in [0.2, 0.25) is 11.4 Å². The number of hydrogen-bond donors (Lipinski definition) is 3. The lowest BCUT2D eigenvalue weighted by Crippen LogP contribution is -2.34. The summed E-state index contributed by atoms with van der Waals surface area (Å²) in [7, 11) is 0. The average molecular weight is 447 g/mol. The number of hydrogen-bond acceptors (Lipinski definition) is 4. The standard InChI is InChI=1S/C21H16Cl2N2O5/c1-2-17(26)24-13-5-3-11(4-6-13)21(20(29)30)14(7-8-18(27)28)19-15(23)9-12(22)10-16(19)25-21/h3-10H,2H2,1H3,(H,24,26)(H,27,28)(H,29,30). The second kappa shape index (κ2) is 8.30. The van der Waals surface area contributed by atoms with Crippen molar-refractivity contribution in [2.45, 2.75) is 18.9 Å². The molecule has 0 bridgehead atoms. The fourth-order valence-corrected chi connectivity index (χ4v) is 3.83. The second-order valence-electron chi connectivity index (χ2n) is 6.47. The number of halogens is 2. The molecule has 1 amide bonds. The van der Waals surface area contributed by atoms with Crippen molar-refractivity contribution in [2.75, 3.05) is 5.32 Å². The molecule has 0 aliphatic carbocycles. The van der Waals surface area contributed by atoms with Gasteiger partial charge in [0.15, 0.2) is 0 Å².